The van der Waals surface area contributed by atoms with Gasteiger partial charge in [-0.25, -0.2) is 18.1 Å². The van der Waals surface area contributed by atoms with Gasteiger partial charge in [-0.1, -0.05) is 31.2 Å². The van der Waals surface area contributed by atoms with Crippen LogP contribution in [0, 0.1) is 6.92 Å². The molecular weight excluding hydrogens is 563 g/mol. The highest BCUT2D eigenvalue weighted by atomic mass is 79.9. The molecule has 3 aromatic rings. The number of aryl methyl sites for hydroxylation is 1. The molecule has 0 radical (unpaired) electrons. The van der Waals surface area contributed by atoms with E-state index in [2.05, 4.69) is 41.3 Å². The molecule has 1 heterocycles. The van der Waals surface area contributed by atoms with E-state index in [1.54, 1.807) is 19.1 Å². The maximum Gasteiger partial charge on any atom is 0.416 e. The number of rotatable bonds is 10. The molecule has 0 unspecified atom stereocenters. The van der Waals surface area contributed by atoms with Gasteiger partial charge in [0, 0.05) is 18.4 Å². The second-order valence-corrected chi connectivity index (χ2v) is 10.5. The third-order valence-electron chi connectivity index (χ3n) is 5.25. The van der Waals surface area contributed by atoms with Crippen molar-refractivity contribution in [3.05, 3.63) is 69.8 Å². The van der Waals surface area contributed by atoms with E-state index in [9.17, 15) is 26.7 Å². The molecular formula is C23H25BrF3N5O3S. The van der Waals surface area contributed by atoms with Gasteiger partial charge in [0.15, 0.2) is 0 Å². The zero-order valence-electron chi connectivity index (χ0n) is 19.4. The van der Waals surface area contributed by atoms with Gasteiger partial charge in [-0.05, 0) is 58.6 Å². The van der Waals surface area contributed by atoms with Crippen molar-refractivity contribution in [2.45, 2.75) is 43.9 Å². The van der Waals surface area contributed by atoms with Gasteiger partial charge in [-0.3, -0.25) is 0 Å². The fraction of sp³-hybridized carbons (Fsp3) is 0.304. The van der Waals surface area contributed by atoms with E-state index < -0.39 is 21.8 Å². The number of nitrogens with one attached hydrogen (secondary N) is 3. The average molecular weight is 588 g/mol. The predicted molar refractivity (Wildman–Crippen MR) is 134 cm³/mol. The molecule has 0 aliphatic heterocycles. The highest BCUT2D eigenvalue weighted by Gasteiger charge is 2.30. The number of halogens is 4. The van der Waals surface area contributed by atoms with E-state index in [-0.39, 0.29) is 35.6 Å². The van der Waals surface area contributed by atoms with Gasteiger partial charge in [0.25, 0.3) is 0 Å². The minimum Gasteiger partial charge on any atom is -0.394 e. The lowest BCUT2D eigenvalue weighted by molar-refractivity contribution is -0.137. The summed E-state index contributed by atoms with van der Waals surface area (Å²) in [6.07, 6.45) is -2.34. The molecule has 0 amide bonds. The van der Waals surface area contributed by atoms with Crippen LogP contribution in [0.15, 0.2) is 58.0 Å². The standard InChI is InChI=1S/C23H25BrF3N5O3S/c1-3-17(13-33)30-21-19(24)12-28-22(32-21)31-18-8-7-14(2)20(10-18)36(34,35)29-11-15-5-4-6-16(9-15)23(25,26)27/h4-10,12,17,29,33H,3,11,13H2,1-2H3,(H2,28,30,31,32)/t17-/m1/s1. The van der Waals surface area contributed by atoms with E-state index in [0.717, 1.165) is 12.1 Å². The maximum atomic E-state index is 13.0. The Morgan fingerprint density at radius 3 is 2.58 bits per heavy atom. The van der Waals surface area contributed by atoms with Gasteiger partial charge in [0.2, 0.25) is 16.0 Å². The van der Waals surface area contributed by atoms with Crippen molar-refractivity contribution in [3.63, 3.8) is 0 Å². The minimum atomic E-state index is -4.52. The zero-order valence-corrected chi connectivity index (χ0v) is 21.8. The Hall–Kier alpha value is -2.74. The van der Waals surface area contributed by atoms with Gasteiger partial charge in [0.1, 0.15) is 5.82 Å². The smallest absolute Gasteiger partial charge is 0.394 e. The lowest BCUT2D eigenvalue weighted by Gasteiger charge is -2.17. The Bertz CT molecular complexity index is 1320. The Kier molecular flexibility index (Phi) is 8.93. The molecule has 36 heavy (non-hydrogen) atoms. The Morgan fingerprint density at radius 2 is 1.92 bits per heavy atom. The molecule has 3 rings (SSSR count). The lowest BCUT2D eigenvalue weighted by Crippen LogP contribution is -2.24. The fourth-order valence-electron chi connectivity index (χ4n) is 3.21. The summed E-state index contributed by atoms with van der Waals surface area (Å²) in [5.74, 6) is 0.647. The third kappa shape index (κ3) is 7.15. The van der Waals surface area contributed by atoms with Crippen molar-refractivity contribution in [1.29, 1.82) is 0 Å². The average Bonchev–Trinajstić information content (AvgIpc) is 2.84. The third-order valence-corrected chi connectivity index (χ3v) is 7.38. The van der Waals surface area contributed by atoms with Gasteiger partial charge in [-0.15, -0.1) is 0 Å². The highest BCUT2D eigenvalue weighted by molar-refractivity contribution is 9.10. The summed E-state index contributed by atoms with van der Waals surface area (Å²) in [6.45, 7) is 3.14. The van der Waals surface area contributed by atoms with Crippen LogP contribution in [-0.4, -0.2) is 36.1 Å². The molecule has 0 saturated carbocycles. The van der Waals surface area contributed by atoms with Crippen molar-refractivity contribution >= 4 is 43.4 Å². The summed E-state index contributed by atoms with van der Waals surface area (Å²) in [6, 6.07) is 8.91. The first-order valence-corrected chi connectivity index (χ1v) is 13.1. The summed E-state index contributed by atoms with van der Waals surface area (Å²) >= 11 is 3.35. The number of alkyl halides is 3. The molecule has 1 atom stereocenters. The van der Waals surface area contributed by atoms with Crippen molar-refractivity contribution < 1.29 is 26.7 Å². The van der Waals surface area contributed by atoms with Crippen LogP contribution in [0.2, 0.25) is 0 Å². The van der Waals surface area contributed by atoms with Crippen LogP contribution in [0.5, 0.6) is 0 Å². The van der Waals surface area contributed by atoms with Crippen molar-refractivity contribution in [2.24, 2.45) is 0 Å². The number of hydrogen-bond acceptors (Lipinski definition) is 7. The first-order valence-electron chi connectivity index (χ1n) is 10.9. The van der Waals surface area contributed by atoms with E-state index in [0.29, 0.717) is 28.0 Å². The van der Waals surface area contributed by atoms with E-state index in [4.69, 9.17) is 0 Å². The molecule has 0 saturated heterocycles. The van der Waals surface area contributed by atoms with Crippen LogP contribution in [-0.2, 0) is 22.7 Å². The molecule has 0 aliphatic rings. The Labute approximate surface area is 215 Å². The van der Waals surface area contributed by atoms with Crippen molar-refractivity contribution in [3.8, 4) is 0 Å². The summed E-state index contributed by atoms with van der Waals surface area (Å²) in [7, 11) is -4.05. The summed E-state index contributed by atoms with van der Waals surface area (Å²) in [5.41, 5.74) is 0.165. The zero-order chi connectivity index (χ0) is 26.5. The van der Waals surface area contributed by atoms with Gasteiger partial charge >= 0.3 is 6.18 Å². The number of hydrogen-bond donors (Lipinski definition) is 4. The largest absolute Gasteiger partial charge is 0.416 e. The first-order chi connectivity index (χ1) is 16.9. The van der Waals surface area contributed by atoms with Gasteiger partial charge in [-0.2, -0.15) is 18.2 Å². The second kappa shape index (κ2) is 11.5. The Balaban J connectivity index is 1.79. The number of aliphatic hydroxyl groups excluding tert-OH is 1. The highest BCUT2D eigenvalue weighted by Crippen LogP contribution is 2.30. The van der Waals surface area contributed by atoms with Crippen LogP contribution in [0.25, 0.3) is 0 Å². The SMILES string of the molecule is CC[C@H](CO)Nc1nc(Nc2ccc(C)c(S(=O)(=O)NCc3cccc(C(F)(F)F)c3)c2)ncc1Br. The maximum absolute atomic E-state index is 13.0. The van der Waals surface area contributed by atoms with Crippen LogP contribution in [0.3, 0.4) is 0 Å². The fourth-order valence-corrected chi connectivity index (χ4v) is 4.80. The number of sulfonamides is 1. The number of aromatic nitrogens is 2. The van der Waals surface area contributed by atoms with Crippen LogP contribution < -0.4 is 15.4 Å². The van der Waals surface area contributed by atoms with Crippen LogP contribution in [0.4, 0.5) is 30.6 Å². The van der Waals surface area contributed by atoms with Crippen LogP contribution in [0.1, 0.15) is 30.0 Å². The number of aliphatic hydroxyl groups is 1. The second-order valence-electron chi connectivity index (χ2n) is 7.95. The molecule has 0 spiro atoms. The number of anilines is 3. The van der Waals surface area contributed by atoms with Gasteiger partial charge < -0.3 is 15.7 Å². The monoisotopic (exact) mass is 587 g/mol. The molecule has 0 fully saturated rings. The molecule has 0 bridgehead atoms. The number of nitrogens with zero attached hydrogens (tertiary/aromatic N) is 2. The predicted octanol–water partition coefficient (Wildman–Crippen LogP) is 4.97. The molecule has 8 nitrogen and oxygen atoms in total. The summed E-state index contributed by atoms with van der Waals surface area (Å²) < 4.78 is 67.7. The summed E-state index contributed by atoms with van der Waals surface area (Å²) in [4.78, 5) is 8.52. The van der Waals surface area contributed by atoms with Crippen LogP contribution >= 0.6 is 15.9 Å². The lowest BCUT2D eigenvalue weighted by atomic mass is 10.1. The number of benzene rings is 2. The molecule has 1 aromatic heterocycles. The van der Waals surface area contributed by atoms with E-state index in [1.165, 1.54) is 24.4 Å². The molecule has 0 aliphatic carbocycles. The van der Waals surface area contributed by atoms with E-state index >= 15 is 0 Å². The van der Waals surface area contributed by atoms with Crippen molar-refractivity contribution in [2.75, 3.05) is 17.2 Å². The molecule has 194 valence electrons. The Morgan fingerprint density at radius 1 is 1.17 bits per heavy atom. The first kappa shape index (κ1) is 27.8. The molecule has 13 heteroatoms. The topological polar surface area (TPSA) is 116 Å². The van der Waals surface area contributed by atoms with Crippen molar-refractivity contribution in [1.82, 2.24) is 14.7 Å². The van der Waals surface area contributed by atoms with Gasteiger partial charge in [0.05, 0.1) is 27.6 Å². The summed E-state index contributed by atoms with van der Waals surface area (Å²) in [5, 5.41) is 15.5. The minimum absolute atomic E-state index is 0.0405. The molecule has 2 aromatic carbocycles. The van der Waals surface area contributed by atoms with E-state index in [1.807, 2.05) is 6.92 Å². The molecule has 4 N–H and O–H groups in total. The normalized spacial score (nSPS) is 12.9. The quantitative estimate of drug-likeness (QED) is 0.264.